The summed E-state index contributed by atoms with van der Waals surface area (Å²) < 4.78 is 15.1. The molecule has 1 aliphatic rings. The molecule has 0 fully saturated rings. The van der Waals surface area contributed by atoms with Crippen LogP contribution in [0.2, 0.25) is 0 Å². The van der Waals surface area contributed by atoms with E-state index < -0.39 is 11.9 Å². The number of rotatable bonds is 5. The minimum Gasteiger partial charge on any atom is -0.466 e. The van der Waals surface area contributed by atoms with Crippen LogP contribution in [0.4, 0.5) is 11.4 Å². The zero-order chi connectivity index (χ0) is 22.5. The lowest BCUT2D eigenvalue weighted by Crippen LogP contribution is -2.38. The standard InChI is InChI=1S/C23H24N2O6/c1-14-6-5-7-19(15(14)2)24-21(26)16-8-10-17(11-9-16)25-13-31-12-18(22(27)29-3)20(25)23(28)30-4/h5-11H,12-13H2,1-4H3,(H,24,26). The number of methoxy groups -OCH3 is 2. The van der Waals surface area contributed by atoms with Gasteiger partial charge in [0.1, 0.15) is 12.4 Å². The quantitative estimate of drug-likeness (QED) is 0.738. The van der Waals surface area contributed by atoms with Gasteiger partial charge in [0.2, 0.25) is 0 Å². The molecule has 0 saturated carbocycles. The third kappa shape index (κ3) is 4.59. The number of nitrogens with one attached hydrogen (secondary N) is 1. The number of aryl methyl sites for hydroxylation is 1. The van der Waals surface area contributed by atoms with Crippen LogP contribution in [0, 0.1) is 13.8 Å². The van der Waals surface area contributed by atoms with Gasteiger partial charge in [-0.05, 0) is 55.3 Å². The molecule has 1 aliphatic heterocycles. The number of benzene rings is 2. The van der Waals surface area contributed by atoms with E-state index in [-0.39, 0.29) is 30.5 Å². The molecule has 8 heteroatoms. The molecule has 0 unspecified atom stereocenters. The summed E-state index contributed by atoms with van der Waals surface area (Å²) in [4.78, 5) is 38.6. The van der Waals surface area contributed by atoms with Gasteiger partial charge in [0.15, 0.2) is 0 Å². The van der Waals surface area contributed by atoms with Gasteiger partial charge in [-0.2, -0.15) is 0 Å². The largest absolute Gasteiger partial charge is 0.466 e. The van der Waals surface area contributed by atoms with Gasteiger partial charge >= 0.3 is 11.9 Å². The summed E-state index contributed by atoms with van der Waals surface area (Å²) in [6.07, 6.45) is 0. The zero-order valence-corrected chi connectivity index (χ0v) is 17.9. The van der Waals surface area contributed by atoms with Crippen molar-refractivity contribution >= 4 is 29.2 Å². The first-order valence-electron chi connectivity index (χ1n) is 9.60. The zero-order valence-electron chi connectivity index (χ0n) is 17.9. The summed E-state index contributed by atoms with van der Waals surface area (Å²) in [5.74, 6) is -1.61. The molecule has 1 amide bonds. The molecule has 1 N–H and O–H groups in total. The third-order valence-corrected chi connectivity index (χ3v) is 5.13. The topological polar surface area (TPSA) is 94.2 Å². The average Bonchev–Trinajstić information content (AvgIpc) is 2.80. The van der Waals surface area contributed by atoms with Crippen molar-refractivity contribution in [3.63, 3.8) is 0 Å². The van der Waals surface area contributed by atoms with Crippen LogP contribution in [0.1, 0.15) is 21.5 Å². The lowest BCUT2D eigenvalue weighted by atomic mass is 10.1. The SMILES string of the molecule is COC(=O)C1=C(C(=O)OC)N(c2ccc(C(=O)Nc3cccc(C)c3C)cc2)COC1. The fourth-order valence-electron chi connectivity index (χ4n) is 3.22. The van der Waals surface area contributed by atoms with E-state index in [1.54, 1.807) is 24.3 Å². The average molecular weight is 424 g/mol. The fraction of sp³-hybridized carbons (Fsp3) is 0.261. The van der Waals surface area contributed by atoms with Gasteiger partial charge in [-0.1, -0.05) is 12.1 Å². The molecular formula is C23H24N2O6. The van der Waals surface area contributed by atoms with Gasteiger partial charge in [-0.25, -0.2) is 9.59 Å². The Morgan fingerprint density at radius 3 is 2.29 bits per heavy atom. The van der Waals surface area contributed by atoms with E-state index in [2.05, 4.69) is 5.32 Å². The van der Waals surface area contributed by atoms with Crippen molar-refractivity contribution < 1.29 is 28.6 Å². The van der Waals surface area contributed by atoms with Crippen molar-refractivity contribution in [3.05, 3.63) is 70.4 Å². The lowest BCUT2D eigenvalue weighted by molar-refractivity contribution is -0.140. The predicted octanol–water partition coefficient (Wildman–Crippen LogP) is 2.95. The third-order valence-electron chi connectivity index (χ3n) is 5.13. The van der Waals surface area contributed by atoms with E-state index in [1.807, 2.05) is 32.0 Å². The second kappa shape index (κ2) is 9.44. The summed E-state index contributed by atoms with van der Waals surface area (Å²) in [6, 6.07) is 12.3. The second-order valence-corrected chi connectivity index (χ2v) is 6.96. The highest BCUT2D eigenvalue weighted by atomic mass is 16.5. The van der Waals surface area contributed by atoms with Crippen LogP contribution < -0.4 is 10.2 Å². The van der Waals surface area contributed by atoms with Crippen molar-refractivity contribution in [3.8, 4) is 0 Å². The van der Waals surface area contributed by atoms with Gasteiger partial charge in [-0.3, -0.25) is 4.79 Å². The fourth-order valence-corrected chi connectivity index (χ4v) is 3.22. The van der Waals surface area contributed by atoms with E-state index in [0.29, 0.717) is 11.3 Å². The number of carbonyl (C=O) groups excluding carboxylic acids is 3. The Hall–Kier alpha value is -3.65. The van der Waals surface area contributed by atoms with Crippen LogP contribution in [-0.4, -0.2) is 45.4 Å². The molecule has 0 radical (unpaired) electrons. The van der Waals surface area contributed by atoms with Crippen molar-refractivity contribution in [1.82, 2.24) is 0 Å². The summed E-state index contributed by atoms with van der Waals surface area (Å²) >= 11 is 0. The highest BCUT2D eigenvalue weighted by Crippen LogP contribution is 2.27. The minimum atomic E-state index is -0.680. The Morgan fingerprint density at radius 2 is 1.65 bits per heavy atom. The second-order valence-electron chi connectivity index (χ2n) is 6.96. The number of amides is 1. The summed E-state index contributed by atoms with van der Waals surface area (Å²) in [7, 11) is 2.46. The first-order valence-corrected chi connectivity index (χ1v) is 9.60. The van der Waals surface area contributed by atoms with Gasteiger partial charge in [0.05, 0.1) is 26.4 Å². The number of hydrogen-bond acceptors (Lipinski definition) is 7. The Morgan fingerprint density at radius 1 is 0.968 bits per heavy atom. The molecule has 0 atom stereocenters. The molecular weight excluding hydrogens is 400 g/mol. The number of nitrogens with zero attached hydrogens (tertiary/aromatic N) is 1. The predicted molar refractivity (Wildman–Crippen MR) is 115 cm³/mol. The first-order chi connectivity index (χ1) is 14.9. The Labute approximate surface area is 180 Å². The summed E-state index contributed by atoms with van der Waals surface area (Å²) in [5, 5.41) is 2.91. The smallest absolute Gasteiger partial charge is 0.355 e. The van der Waals surface area contributed by atoms with Crippen LogP contribution in [-0.2, 0) is 23.8 Å². The number of anilines is 2. The molecule has 0 aromatic heterocycles. The maximum absolute atomic E-state index is 12.7. The highest BCUT2D eigenvalue weighted by Gasteiger charge is 2.32. The Balaban J connectivity index is 1.87. The molecule has 8 nitrogen and oxygen atoms in total. The van der Waals surface area contributed by atoms with Crippen molar-refractivity contribution in [2.24, 2.45) is 0 Å². The Bertz CT molecular complexity index is 1040. The van der Waals surface area contributed by atoms with Gasteiger partial charge in [0, 0.05) is 16.9 Å². The number of carbonyl (C=O) groups is 3. The van der Waals surface area contributed by atoms with E-state index in [1.165, 1.54) is 19.1 Å². The van der Waals surface area contributed by atoms with Gasteiger partial charge in [0.25, 0.3) is 5.91 Å². The highest BCUT2D eigenvalue weighted by molar-refractivity contribution is 6.05. The molecule has 2 aromatic rings. The first kappa shape index (κ1) is 22.0. The van der Waals surface area contributed by atoms with Gasteiger partial charge in [-0.15, -0.1) is 0 Å². The number of ether oxygens (including phenoxy) is 3. The van der Waals surface area contributed by atoms with Crippen molar-refractivity contribution in [2.75, 3.05) is 37.8 Å². The number of esters is 2. The number of hydrogen-bond donors (Lipinski definition) is 1. The van der Waals surface area contributed by atoms with Gasteiger partial charge < -0.3 is 24.4 Å². The molecule has 0 aliphatic carbocycles. The monoisotopic (exact) mass is 424 g/mol. The molecule has 0 bridgehead atoms. The van der Waals surface area contributed by atoms with E-state index >= 15 is 0 Å². The summed E-state index contributed by atoms with van der Waals surface area (Å²) in [5.41, 5.74) is 3.95. The Kier molecular flexibility index (Phi) is 6.71. The van der Waals surface area contributed by atoms with E-state index in [9.17, 15) is 14.4 Å². The van der Waals surface area contributed by atoms with E-state index in [4.69, 9.17) is 14.2 Å². The molecule has 31 heavy (non-hydrogen) atoms. The maximum atomic E-state index is 12.7. The molecule has 162 valence electrons. The lowest BCUT2D eigenvalue weighted by Gasteiger charge is -2.31. The molecule has 2 aromatic carbocycles. The minimum absolute atomic E-state index is 0.0406. The van der Waals surface area contributed by atoms with Crippen LogP contribution in [0.25, 0.3) is 0 Å². The summed E-state index contributed by atoms with van der Waals surface area (Å²) in [6.45, 7) is 3.91. The van der Waals surface area contributed by atoms with Crippen LogP contribution >= 0.6 is 0 Å². The van der Waals surface area contributed by atoms with Crippen molar-refractivity contribution in [2.45, 2.75) is 13.8 Å². The van der Waals surface area contributed by atoms with Crippen molar-refractivity contribution in [1.29, 1.82) is 0 Å². The normalized spacial score (nSPS) is 13.6. The molecule has 3 rings (SSSR count). The van der Waals surface area contributed by atoms with E-state index in [0.717, 1.165) is 16.8 Å². The maximum Gasteiger partial charge on any atom is 0.355 e. The van der Waals surface area contributed by atoms with Crippen LogP contribution in [0.5, 0.6) is 0 Å². The molecule has 0 spiro atoms. The molecule has 1 heterocycles. The molecule has 0 saturated heterocycles. The van der Waals surface area contributed by atoms with Crippen LogP contribution in [0.3, 0.4) is 0 Å². The van der Waals surface area contributed by atoms with Crippen LogP contribution in [0.15, 0.2) is 53.7 Å².